The zero-order valence-corrected chi connectivity index (χ0v) is 14.1. The molecule has 3 nitrogen and oxygen atoms in total. The van der Waals surface area contributed by atoms with Crippen molar-refractivity contribution in [2.75, 3.05) is 11.9 Å². The lowest BCUT2D eigenvalue weighted by molar-refractivity contribution is 0.683. The van der Waals surface area contributed by atoms with Crippen LogP contribution in [0.2, 0.25) is 0 Å². The molecule has 4 heteroatoms. The Morgan fingerprint density at radius 3 is 2.76 bits per heavy atom. The summed E-state index contributed by atoms with van der Waals surface area (Å²) in [5, 5.41) is 4.86. The molecule has 0 aliphatic heterocycles. The highest BCUT2D eigenvalue weighted by molar-refractivity contribution is 7.19. The standard InChI is InChI=1S/C17H25N3S/c1-4-10-18-16-14-12-8-6-7-9-13(12)21-17(14)20-15(19-16)11(3)5-2/h11H,4-10H2,1-3H3,(H,18,19,20). The maximum absolute atomic E-state index is 4.89. The van der Waals surface area contributed by atoms with Crippen molar-refractivity contribution in [2.24, 2.45) is 0 Å². The normalized spacial score (nSPS) is 16.0. The van der Waals surface area contributed by atoms with Crippen LogP contribution >= 0.6 is 11.3 Å². The van der Waals surface area contributed by atoms with Crippen LogP contribution in [0.4, 0.5) is 5.82 Å². The predicted molar refractivity (Wildman–Crippen MR) is 91.5 cm³/mol. The molecule has 21 heavy (non-hydrogen) atoms. The Morgan fingerprint density at radius 1 is 1.19 bits per heavy atom. The zero-order chi connectivity index (χ0) is 14.8. The Labute approximate surface area is 131 Å². The Balaban J connectivity index is 2.14. The van der Waals surface area contributed by atoms with Gasteiger partial charge in [-0.25, -0.2) is 9.97 Å². The van der Waals surface area contributed by atoms with Crippen molar-refractivity contribution in [3.05, 3.63) is 16.3 Å². The Hall–Kier alpha value is -1.16. The average molecular weight is 303 g/mol. The fourth-order valence-electron chi connectivity index (χ4n) is 2.95. The minimum absolute atomic E-state index is 0.427. The third-order valence-corrected chi connectivity index (χ3v) is 5.61. The molecule has 1 N–H and O–H groups in total. The van der Waals surface area contributed by atoms with Gasteiger partial charge in [-0.05, 0) is 44.1 Å². The summed E-state index contributed by atoms with van der Waals surface area (Å²) in [4.78, 5) is 12.5. The number of aromatic nitrogens is 2. The summed E-state index contributed by atoms with van der Waals surface area (Å²) < 4.78 is 0. The smallest absolute Gasteiger partial charge is 0.138 e. The van der Waals surface area contributed by atoms with Gasteiger partial charge < -0.3 is 5.32 Å². The van der Waals surface area contributed by atoms with Crippen molar-refractivity contribution in [3.63, 3.8) is 0 Å². The summed E-state index contributed by atoms with van der Waals surface area (Å²) in [6.07, 6.45) is 7.26. The van der Waals surface area contributed by atoms with Crippen LogP contribution in [0, 0.1) is 0 Å². The first kappa shape index (κ1) is 14.8. The third-order valence-electron chi connectivity index (χ3n) is 4.43. The van der Waals surface area contributed by atoms with Crippen molar-refractivity contribution >= 4 is 27.4 Å². The molecule has 3 rings (SSSR count). The molecule has 0 radical (unpaired) electrons. The van der Waals surface area contributed by atoms with E-state index in [4.69, 9.17) is 9.97 Å². The van der Waals surface area contributed by atoms with E-state index in [0.717, 1.165) is 31.0 Å². The maximum Gasteiger partial charge on any atom is 0.138 e. The van der Waals surface area contributed by atoms with E-state index in [1.165, 1.54) is 41.5 Å². The second-order valence-corrected chi connectivity index (χ2v) is 7.14. The summed E-state index contributed by atoms with van der Waals surface area (Å²) in [7, 11) is 0. The lowest BCUT2D eigenvalue weighted by Gasteiger charge is -2.14. The van der Waals surface area contributed by atoms with Crippen molar-refractivity contribution in [3.8, 4) is 0 Å². The molecule has 0 saturated heterocycles. The van der Waals surface area contributed by atoms with Crippen molar-refractivity contribution in [2.45, 2.75) is 65.2 Å². The number of nitrogens with one attached hydrogen (secondary N) is 1. The highest BCUT2D eigenvalue weighted by atomic mass is 32.1. The Bertz CT molecular complexity index is 632. The number of anilines is 1. The van der Waals surface area contributed by atoms with Crippen molar-refractivity contribution in [1.29, 1.82) is 0 Å². The third kappa shape index (κ3) is 2.78. The van der Waals surface area contributed by atoms with Gasteiger partial charge in [-0.2, -0.15) is 0 Å². The molecule has 2 aromatic rings. The molecule has 2 aromatic heterocycles. The SMILES string of the molecule is CCCNc1nc(C(C)CC)nc2sc3c(c12)CCCC3. The number of aryl methyl sites for hydroxylation is 2. The largest absolute Gasteiger partial charge is 0.369 e. The van der Waals surface area contributed by atoms with Crippen LogP contribution in [-0.4, -0.2) is 16.5 Å². The van der Waals surface area contributed by atoms with Gasteiger partial charge in [-0.3, -0.25) is 0 Å². The maximum atomic E-state index is 4.89. The van der Waals surface area contributed by atoms with Gasteiger partial charge in [0, 0.05) is 17.3 Å². The molecule has 1 unspecified atom stereocenters. The van der Waals surface area contributed by atoms with Gasteiger partial charge in [0.15, 0.2) is 0 Å². The number of hydrogen-bond donors (Lipinski definition) is 1. The van der Waals surface area contributed by atoms with Crippen LogP contribution in [0.1, 0.15) is 68.6 Å². The molecule has 1 aliphatic rings. The lowest BCUT2D eigenvalue weighted by atomic mass is 9.97. The quantitative estimate of drug-likeness (QED) is 0.853. The summed E-state index contributed by atoms with van der Waals surface area (Å²) in [6.45, 7) is 7.61. The van der Waals surface area contributed by atoms with E-state index in [9.17, 15) is 0 Å². The fraction of sp³-hybridized carbons (Fsp3) is 0.647. The molecular formula is C17H25N3S. The summed E-state index contributed by atoms with van der Waals surface area (Å²) in [5.74, 6) is 2.51. The van der Waals surface area contributed by atoms with Crippen molar-refractivity contribution < 1.29 is 0 Å². The van der Waals surface area contributed by atoms with Gasteiger partial charge in [0.1, 0.15) is 16.5 Å². The zero-order valence-electron chi connectivity index (χ0n) is 13.3. The monoisotopic (exact) mass is 303 g/mol. The summed E-state index contributed by atoms with van der Waals surface area (Å²) in [5.41, 5.74) is 1.52. The first-order valence-electron chi connectivity index (χ1n) is 8.30. The van der Waals surface area contributed by atoms with E-state index in [0.29, 0.717) is 5.92 Å². The number of thiophene rings is 1. The van der Waals surface area contributed by atoms with E-state index in [2.05, 4.69) is 26.1 Å². The molecule has 0 amide bonds. The Kier molecular flexibility index (Phi) is 4.43. The van der Waals surface area contributed by atoms with Crippen LogP contribution in [0.5, 0.6) is 0 Å². The summed E-state index contributed by atoms with van der Waals surface area (Å²) >= 11 is 1.90. The van der Waals surface area contributed by atoms with Crippen LogP contribution in [0.15, 0.2) is 0 Å². The highest BCUT2D eigenvalue weighted by Crippen LogP contribution is 2.39. The van der Waals surface area contributed by atoms with Gasteiger partial charge in [0.2, 0.25) is 0 Å². The van der Waals surface area contributed by atoms with Gasteiger partial charge in [0.25, 0.3) is 0 Å². The molecule has 0 saturated carbocycles. The number of rotatable bonds is 5. The molecular weight excluding hydrogens is 278 g/mol. The van der Waals surface area contributed by atoms with E-state index >= 15 is 0 Å². The minimum atomic E-state index is 0.427. The van der Waals surface area contributed by atoms with Crippen LogP contribution in [-0.2, 0) is 12.8 Å². The van der Waals surface area contributed by atoms with E-state index < -0.39 is 0 Å². The fourth-order valence-corrected chi connectivity index (χ4v) is 4.22. The Morgan fingerprint density at radius 2 is 2.00 bits per heavy atom. The topological polar surface area (TPSA) is 37.8 Å². The number of fused-ring (bicyclic) bond motifs is 3. The molecule has 114 valence electrons. The molecule has 0 spiro atoms. The van der Waals surface area contributed by atoms with Crippen LogP contribution < -0.4 is 5.32 Å². The molecule has 0 aromatic carbocycles. The van der Waals surface area contributed by atoms with Gasteiger partial charge in [-0.1, -0.05) is 20.8 Å². The molecule has 1 atom stereocenters. The van der Waals surface area contributed by atoms with Gasteiger partial charge >= 0.3 is 0 Å². The van der Waals surface area contributed by atoms with E-state index in [1.54, 1.807) is 4.88 Å². The molecule has 1 aliphatic carbocycles. The predicted octanol–water partition coefficient (Wildman–Crippen LogP) is 4.91. The number of nitrogens with zero attached hydrogens (tertiary/aromatic N) is 2. The second kappa shape index (κ2) is 6.30. The first-order chi connectivity index (χ1) is 10.2. The second-order valence-electron chi connectivity index (χ2n) is 6.06. The molecule has 0 fully saturated rings. The highest BCUT2D eigenvalue weighted by Gasteiger charge is 2.21. The van der Waals surface area contributed by atoms with Gasteiger partial charge in [-0.15, -0.1) is 11.3 Å². The van der Waals surface area contributed by atoms with Gasteiger partial charge in [0.05, 0.1) is 5.39 Å². The number of hydrogen-bond acceptors (Lipinski definition) is 4. The van der Waals surface area contributed by atoms with Crippen molar-refractivity contribution in [1.82, 2.24) is 9.97 Å². The first-order valence-corrected chi connectivity index (χ1v) is 9.12. The minimum Gasteiger partial charge on any atom is -0.369 e. The van der Waals surface area contributed by atoms with Crippen LogP contribution in [0.25, 0.3) is 10.2 Å². The van der Waals surface area contributed by atoms with E-state index in [-0.39, 0.29) is 0 Å². The van der Waals surface area contributed by atoms with E-state index in [1.807, 2.05) is 11.3 Å². The molecule has 0 bridgehead atoms. The lowest BCUT2D eigenvalue weighted by Crippen LogP contribution is -2.08. The average Bonchev–Trinajstić information content (AvgIpc) is 2.90. The van der Waals surface area contributed by atoms with Crippen LogP contribution in [0.3, 0.4) is 0 Å². The summed E-state index contributed by atoms with van der Waals surface area (Å²) in [6, 6.07) is 0. The molecule has 2 heterocycles.